The summed E-state index contributed by atoms with van der Waals surface area (Å²) in [6.07, 6.45) is 4.11. The summed E-state index contributed by atoms with van der Waals surface area (Å²) in [7, 11) is 0. The van der Waals surface area contributed by atoms with E-state index in [9.17, 15) is 0 Å². The Kier molecular flexibility index (Phi) is 2.73. The molecule has 1 aliphatic carbocycles. The molecule has 3 rings (SSSR count). The molecular weight excluding hydrogens is 210 g/mol. The van der Waals surface area contributed by atoms with Crippen LogP contribution in [0.2, 0.25) is 0 Å². The van der Waals surface area contributed by atoms with Gasteiger partial charge in [0.2, 0.25) is 0 Å². The highest BCUT2D eigenvalue weighted by molar-refractivity contribution is 5.60. The topological polar surface area (TPSA) is 25.2 Å². The number of aryl methyl sites for hydroxylation is 1. The number of rotatable bonds is 3. The fourth-order valence-electron chi connectivity index (χ4n) is 2.67. The van der Waals surface area contributed by atoms with Crippen molar-refractivity contribution in [2.75, 3.05) is 6.54 Å². The Morgan fingerprint density at radius 1 is 1.35 bits per heavy atom. The van der Waals surface area contributed by atoms with Crippen LogP contribution >= 0.6 is 0 Å². The highest BCUT2D eigenvalue weighted by Gasteiger charge is 2.21. The molecule has 0 saturated carbocycles. The van der Waals surface area contributed by atoms with Crippen molar-refractivity contribution in [3.05, 3.63) is 47.7 Å². The first-order chi connectivity index (χ1) is 8.38. The molecule has 0 bridgehead atoms. The smallest absolute Gasteiger partial charge is 0.133 e. The maximum Gasteiger partial charge on any atom is 0.133 e. The van der Waals surface area contributed by atoms with E-state index in [1.807, 2.05) is 12.1 Å². The third-order valence-electron chi connectivity index (χ3n) is 3.48. The van der Waals surface area contributed by atoms with Gasteiger partial charge >= 0.3 is 0 Å². The van der Waals surface area contributed by atoms with E-state index in [2.05, 4.69) is 30.4 Å². The van der Waals surface area contributed by atoms with Gasteiger partial charge in [0, 0.05) is 11.6 Å². The monoisotopic (exact) mass is 227 g/mol. The van der Waals surface area contributed by atoms with Gasteiger partial charge in [-0.2, -0.15) is 0 Å². The van der Waals surface area contributed by atoms with Crippen molar-refractivity contribution in [2.45, 2.75) is 25.8 Å². The maximum atomic E-state index is 5.44. The zero-order valence-corrected chi connectivity index (χ0v) is 10.1. The van der Waals surface area contributed by atoms with Gasteiger partial charge < -0.3 is 9.73 Å². The van der Waals surface area contributed by atoms with E-state index >= 15 is 0 Å². The summed E-state index contributed by atoms with van der Waals surface area (Å²) >= 11 is 0. The first-order valence-electron chi connectivity index (χ1n) is 6.28. The van der Waals surface area contributed by atoms with Crippen molar-refractivity contribution in [3.63, 3.8) is 0 Å². The number of hydrogen-bond donors (Lipinski definition) is 1. The van der Waals surface area contributed by atoms with Gasteiger partial charge in [0.25, 0.3) is 0 Å². The summed E-state index contributed by atoms with van der Waals surface area (Å²) in [5.74, 6) is 0.958. The number of furan rings is 1. The number of fused-ring (bicyclic) bond motifs is 1. The van der Waals surface area contributed by atoms with Crippen molar-refractivity contribution in [1.82, 2.24) is 5.32 Å². The summed E-state index contributed by atoms with van der Waals surface area (Å²) in [4.78, 5) is 0. The van der Waals surface area contributed by atoms with E-state index in [4.69, 9.17) is 4.42 Å². The van der Waals surface area contributed by atoms with Crippen LogP contribution in [0.3, 0.4) is 0 Å². The molecule has 0 spiro atoms. The highest BCUT2D eigenvalue weighted by Crippen LogP contribution is 2.34. The minimum absolute atomic E-state index is 0.542. The lowest BCUT2D eigenvalue weighted by Gasteiger charge is -2.12. The molecule has 1 aromatic carbocycles. The average molecular weight is 227 g/mol. The SMILES string of the molecule is CCNC1CCc2cc(-c3ccco3)ccc21. The first-order valence-corrected chi connectivity index (χ1v) is 6.28. The predicted octanol–water partition coefficient (Wildman–Crippen LogP) is 3.54. The average Bonchev–Trinajstić information content (AvgIpc) is 2.98. The van der Waals surface area contributed by atoms with Crippen LogP contribution in [0.4, 0.5) is 0 Å². The van der Waals surface area contributed by atoms with Gasteiger partial charge in [-0.1, -0.05) is 19.1 Å². The maximum absolute atomic E-state index is 5.44. The summed E-state index contributed by atoms with van der Waals surface area (Å²) in [6, 6.07) is 11.2. The molecule has 1 unspecified atom stereocenters. The summed E-state index contributed by atoms with van der Waals surface area (Å²) in [5, 5.41) is 3.53. The van der Waals surface area contributed by atoms with Gasteiger partial charge in [0.05, 0.1) is 6.26 Å². The Bertz CT molecular complexity index is 502. The van der Waals surface area contributed by atoms with Crippen LogP contribution in [-0.4, -0.2) is 6.54 Å². The molecule has 0 saturated heterocycles. The quantitative estimate of drug-likeness (QED) is 0.867. The van der Waals surface area contributed by atoms with Crippen LogP contribution in [0.25, 0.3) is 11.3 Å². The molecule has 2 nitrogen and oxygen atoms in total. The van der Waals surface area contributed by atoms with Crippen LogP contribution in [0, 0.1) is 0 Å². The normalized spacial score (nSPS) is 18.3. The fourth-order valence-corrected chi connectivity index (χ4v) is 2.67. The van der Waals surface area contributed by atoms with Crippen molar-refractivity contribution < 1.29 is 4.42 Å². The largest absolute Gasteiger partial charge is 0.464 e. The van der Waals surface area contributed by atoms with Crippen LogP contribution in [0.15, 0.2) is 41.0 Å². The minimum atomic E-state index is 0.542. The van der Waals surface area contributed by atoms with Crippen molar-refractivity contribution in [3.8, 4) is 11.3 Å². The lowest BCUT2D eigenvalue weighted by molar-refractivity contribution is 0.549. The molecule has 1 aliphatic rings. The molecule has 1 heterocycles. The Morgan fingerprint density at radius 3 is 3.06 bits per heavy atom. The van der Waals surface area contributed by atoms with Crippen molar-refractivity contribution >= 4 is 0 Å². The first kappa shape index (κ1) is 10.6. The molecule has 2 aromatic rings. The third-order valence-corrected chi connectivity index (χ3v) is 3.48. The van der Waals surface area contributed by atoms with Crippen molar-refractivity contribution in [1.29, 1.82) is 0 Å². The van der Waals surface area contributed by atoms with Gasteiger partial charge in [-0.05, 0) is 48.7 Å². The Labute approximate surface area is 102 Å². The zero-order chi connectivity index (χ0) is 11.7. The van der Waals surface area contributed by atoms with Gasteiger partial charge in [-0.25, -0.2) is 0 Å². The molecule has 1 atom stereocenters. The zero-order valence-electron chi connectivity index (χ0n) is 10.1. The van der Waals surface area contributed by atoms with Crippen molar-refractivity contribution in [2.24, 2.45) is 0 Å². The lowest BCUT2D eigenvalue weighted by Crippen LogP contribution is -2.18. The van der Waals surface area contributed by atoms with E-state index in [0.717, 1.165) is 12.3 Å². The minimum Gasteiger partial charge on any atom is -0.464 e. The number of benzene rings is 1. The lowest BCUT2D eigenvalue weighted by atomic mass is 10.0. The second-order valence-corrected chi connectivity index (χ2v) is 4.54. The summed E-state index contributed by atoms with van der Waals surface area (Å²) < 4.78 is 5.44. The molecule has 0 aliphatic heterocycles. The van der Waals surface area contributed by atoms with Crippen LogP contribution in [0.1, 0.15) is 30.5 Å². The number of nitrogens with one attached hydrogen (secondary N) is 1. The van der Waals surface area contributed by atoms with Crippen LogP contribution in [0.5, 0.6) is 0 Å². The molecule has 17 heavy (non-hydrogen) atoms. The Morgan fingerprint density at radius 2 is 2.29 bits per heavy atom. The summed E-state index contributed by atoms with van der Waals surface area (Å²) in [5.41, 5.74) is 4.11. The molecule has 88 valence electrons. The predicted molar refractivity (Wildman–Crippen MR) is 68.9 cm³/mol. The van der Waals surface area contributed by atoms with E-state index in [-0.39, 0.29) is 0 Å². The number of hydrogen-bond acceptors (Lipinski definition) is 2. The molecule has 0 fully saturated rings. The van der Waals surface area contributed by atoms with Gasteiger partial charge in [0.1, 0.15) is 5.76 Å². The van der Waals surface area contributed by atoms with E-state index in [1.54, 1.807) is 6.26 Å². The highest BCUT2D eigenvalue weighted by atomic mass is 16.3. The van der Waals surface area contributed by atoms with Gasteiger partial charge in [-0.15, -0.1) is 0 Å². The van der Waals surface area contributed by atoms with E-state index in [0.29, 0.717) is 6.04 Å². The van der Waals surface area contributed by atoms with Gasteiger partial charge in [0.15, 0.2) is 0 Å². The standard InChI is InChI=1S/C15H17NO/c1-2-16-14-8-6-11-10-12(5-7-13(11)14)15-4-3-9-17-15/h3-5,7,9-10,14,16H,2,6,8H2,1H3. The molecule has 2 heteroatoms. The van der Waals surface area contributed by atoms with E-state index < -0.39 is 0 Å². The van der Waals surface area contributed by atoms with Crippen LogP contribution in [-0.2, 0) is 6.42 Å². The second-order valence-electron chi connectivity index (χ2n) is 4.54. The van der Waals surface area contributed by atoms with Gasteiger partial charge in [-0.3, -0.25) is 0 Å². The molecular formula is C15H17NO. The van der Waals surface area contributed by atoms with E-state index in [1.165, 1.54) is 29.5 Å². The van der Waals surface area contributed by atoms with Crippen LogP contribution < -0.4 is 5.32 Å². The fraction of sp³-hybridized carbons (Fsp3) is 0.333. The Balaban J connectivity index is 1.94. The Hall–Kier alpha value is -1.54. The second kappa shape index (κ2) is 4.38. The molecule has 0 amide bonds. The third kappa shape index (κ3) is 1.89. The summed E-state index contributed by atoms with van der Waals surface area (Å²) in [6.45, 7) is 3.19. The molecule has 1 aromatic heterocycles. The molecule has 0 radical (unpaired) electrons. The molecule has 1 N–H and O–H groups in total.